The molecule has 1 amide bonds. The lowest BCUT2D eigenvalue weighted by Crippen LogP contribution is -2.45. The van der Waals surface area contributed by atoms with Crippen LogP contribution < -0.4 is 4.74 Å². The summed E-state index contributed by atoms with van der Waals surface area (Å²) < 4.78 is 24.7. The number of piperidine rings is 1. The summed E-state index contributed by atoms with van der Waals surface area (Å²) in [7, 11) is 1.59. The fourth-order valence-corrected chi connectivity index (χ4v) is 4.59. The number of amides is 1. The molecular formula is C23H27FN2O3. The van der Waals surface area contributed by atoms with Gasteiger partial charge in [-0.05, 0) is 62.2 Å². The van der Waals surface area contributed by atoms with Crippen LogP contribution >= 0.6 is 0 Å². The molecule has 2 fully saturated rings. The monoisotopic (exact) mass is 398 g/mol. The van der Waals surface area contributed by atoms with Crippen LogP contribution in [-0.2, 0) is 11.3 Å². The smallest absolute Gasteiger partial charge is 0.246 e. The quantitative estimate of drug-likeness (QED) is 0.716. The van der Waals surface area contributed by atoms with E-state index in [1.54, 1.807) is 43.7 Å². The first-order valence-corrected chi connectivity index (χ1v) is 10.1. The molecule has 2 saturated heterocycles. The van der Waals surface area contributed by atoms with E-state index < -0.39 is 0 Å². The Bertz CT molecular complexity index is 880. The van der Waals surface area contributed by atoms with Gasteiger partial charge >= 0.3 is 0 Å². The highest BCUT2D eigenvalue weighted by atomic mass is 19.1. The number of likely N-dealkylation sites (tertiary alicyclic amines) is 2. The summed E-state index contributed by atoms with van der Waals surface area (Å²) in [5.74, 6) is 1.18. The Morgan fingerprint density at radius 2 is 2.17 bits per heavy atom. The zero-order valence-electron chi connectivity index (χ0n) is 16.8. The number of furan rings is 1. The van der Waals surface area contributed by atoms with Crippen LogP contribution in [0.5, 0.6) is 5.75 Å². The summed E-state index contributed by atoms with van der Waals surface area (Å²) in [5, 5.41) is 0. The van der Waals surface area contributed by atoms with Crippen molar-refractivity contribution >= 4 is 12.0 Å². The second-order valence-corrected chi connectivity index (χ2v) is 8.13. The molecule has 0 radical (unpaired) electrons. The number of halogens is 1. The molecule has 1 aromatic heterocycles. The molecule has 29 heavy (non-hydrogen) atoms. The molecule has 1 unspecified atom stereocenters. The maximum absolute atomic E-state index is 14.2. The van der Waals surface area contributed by atoms with Crippen LogP contribution in [0.2, 0.25) is 0 Å². The van der Waals surface area contributed by atoms with Gasteiger partial charge in [-0.3, -0.25) is 9.69 Å². The van der Waals surface area contributed by atoms with E-state index in [9.17, 15) is 9.18 Å². The van der Waals surface area contributed by atoms with Gasteiger partial charge in [-0.1, -0.05) is 0 Å². The van der Waals surface area contributed by atoms with Gasteiger partial charge < -0.3 is 14.1 Å². The van der Waals surface area contributed by atoms with Gasteiger partial charge in [0.25, 0.3) is 0 Å². The first kappa shape index (κ1) is 19.7. The number of rotatable bonds is 5. The number of methoxy groups -OCH3 is 1. The Morgan fingerprint density at radius 3 is 2.97 bits per heavy atom. The van der Waals surface area contributed by atoms with E-state index in [4.69, 9.17) is 9.15 Å². The standard InChI is InChI=1S/C23H27FN2O3/c1-28-20-5-7-21(24)18(14-20)15-25-11-3-9-23(16-25)10-12-26(17-23)22(27)8-6-19-4-2-13-29-19/h2,4-8,13-14H,3,9-12,15-17H2,1H3/b8-6+. The molecule has 1 atom stereocenters. The Hall–Kier alpha value is -2.60. The summed E-state index contributed by atoms with van der Waals surface area (Å²) >= 11 is 0. The Kier molecular flexibility index (Phi) is 5.72. The molecule has 0 aliphatic carbocycles. The van der Waals surface area contributed by atoms with Crippen molar-refractivity contribution in [3.63, 3.8) is 0 Å². The van der Waals surface area contributed by atoms with E-state index >= 15 is 0 Å². The number of carbonyl (C=O) groups excluding carboxylic acids is 1. The van der Waals surface area contributed by atoms with Crippen molar-refractivity contribution in [2.45, 2.75) is 25.8 Å². The van der Waals surface area contributed by atoms with E-state index in [1.165, 1.54) is 6.07 Å². The average Bonchev–Trinajstić information content (AvgIpc) is 3.38. The summed E-state index contributed by atoms with van der Waals surface area (Å²) in [5.41, 5.74) is 0.760. The fourth-order valence-electron chi connectivity index (χ4n) is 4.59. The predicted molar refractivity (Wildman–Crippen MR) is 109 cm³/mol. The Morgan fingerprint density at radius 1 is 1.28 bits per heavy atom. The summed E-state index contributed by atoms with van der Waals surface area (Å²) in [6.07, 6.45) is 8.06. The third-order valence-electron chi connectivity index (χ3n) is 6.07. The number of nitrogens with zero attached hydrogens (tertiary/aromatic N) is 2. The highest BCUT2D eigenvalue weighted by molar-refractivity contribution is 5.91. The van der Waals surface area contributed by atoms with Gasteiger partial charge in [-0.2, -0.15) is 0 Å². The lowest BCUT2D eigenvalue weighted by molar-refractivity contribution is -0.125. The predicted octanol–water partition coefficient (Wildman–Crippen LogP) is 3.96. The molecule has 1 aromatic carbocycles. The molecule has 5 nitrogen and oxygen atoms in total. The van der Waals surface area contributed by atoms with Gasteiger partial charge in [0.05, 0.1) is 13.4 Å². The molecule has 0 bridgehead atoms. The van der Waals surface area contributed by atoms with Gasteiger partial charge in [-0.15, -0.1) is 0 Å². The van der Waals surface area contributed by atoms with Crippen molar-refractivity contribution in [3.8, 4) is 5.75 Å². The van der Waals surface area contributed by atoms with E-state index in [0.717, 1.165) is 45.4 Å². The van der Waals surface area contributed by atoms with Crippen molar-refractivity contribution in [1.29, 1.82) is 0 Å². The second kappa shape index (κ2) is 8.41. The second-order valence-electron chi connectivity index (χ2n) is 8.13. The zero-order chi connectivity index (χ0) is 20.3. The van der Waals surface area contributed by atoms with E-state index in [1.807, 2.05) is 11.0 Å². The zero-order valence-corrected chi connectivity index (χ0v) is 16.8. The van der Waals surface area contributed by atoms with Gasteiger partial charge in [-0.25, -0.2) is 4.39 Å². The third-order valence-corrected chi connectivity index (χ3v) is 6.07. The molecule has 6 heteroatoms. The summed E-state index contributed by atoms with van der Waals surface area (Å²) in [4.78, 5) is 16.8. The molecule has 0 N–H and O–H groups in total. The van der Waals surface area contributed by atoms with E-state index in [-0.39, 0.29) is 17.1 Å². The molecule has 2 aliphatic rings. The molecule has 1 spiro atoms. The number of ether oxygens (including phenoxy) is 1. The van der Waals surface area contributed by atoms with E-state index in [0.29, 0.717) is 23.6 Å². The minimum atomic E-state index is -0.197. The van der Waals surface area contributed by atoms with Crippen molar-refractivity contribution in [2.75, 3.05) is 33.3 Å². The molecule has 4 rings (SSSR count). The van der Waals surface area contributed by atoms with Crippen molar-refractivity contribution in [3.05, 3.63) is 59.8 Å². The van der Waals surface area contributed by atoms with Crippen LogP contribution in [0.1, 0.15) is 30.6 Å². The minimum absolute atomic E-state index is 0.0224. The number of carbonyl (C=O) groups is 1. The molecule has 2 aliphatic heterocycles. The normalized spacial score (nSPS) is 22.6. The molecule has 2 aromatic rings. The van der Waals surface area contributed by atoms with Crippen LogP contribution in [0.15, 0.2) is 47.1 Å². The van der Waals surface area contributed by atoms with Crippen molar-refractivity contribution in [2.24, 2.45) is 5.41 Å². The topological polar surface area (TPSA) is 45.9 Å². The maximum Gasteiger partial charge on any atom is 0.246 e. The lowest BCUT2D eigenvalue weighted by atomic mass is 9.79. The summed E-state index contributed by atoms with van der Waals surface area (Å²) in [6, 6.07) is 8.52. The maximum atomic E-state index is 14.2. The van der Waals surface area contributed by atoms with Gasteiger partial charge in [0, 0.05) is 43.2 Å². The molecule has 3 heterocycles. The fraction of sp³-hybridized carbons (Fsp3) is 0.435. The number of hydrogen-bond acceptors (Lipinski definition) is 4. The van der Waals surface area contributed by atoms with Gasteiger partial charge in [0.15, 0.2) is 0 Å². The average molecular weight is 398 g/mol. The van der Waals surface area contributed by atoms with Gasteiger partial charge in [0.1, 0.15) is 17.3 Å². The highest BCUT2D eigenvalue weighted by Gasteiger charge is 2.42. The lowest BCUT2D eigenvalue weighted by Gasteiger charge is -2.40. The minimum Gasteiger partial charge on any atom is -0.497 e. The molecule has 154 valence electrons. The van der Waals surface area contributed by atoms with Crippen molar-refractivity contribution < 1.29 is 18.3 Å². The Balaban J connectivity index is 1.38. The van der Waals surface area contributed by atoms with Crippen LogP contribution in [-0.4, -0.2) is 49.0 Å². The number of benzene rings is 1. The SMILES string of the molecule is COc1ccc(F)c(CN2CCCC3(CCN(C(=O)/C=C/c4ccco4)C3)C2)c1. The van der Waals surface area contributed by atoms with Crippen molar-refractivity contribution in [1.82, 2.24) is 9.80 Å². The Labute approximate surface area is 170 Å². The first-order valence-electron chi connectivity index (χ1n) is 10.1. The van der Waals surface area contributed by atoms with Crippen LogP contribution in [0.4, 0.5) is 4.39 Å². The van der Waals surface area contributed by atoms with Crippen LogP contribution in [0.25, 0.3) is 6.08 Å². The van der Waals surface area contributed by atoms with E-state index in [2.05, 4.69) is 4.90 Å². The largest absolute Gasteiger partial charge is 0.497 e. The number of hydrogen-bond donors (Lipinski definition) is 0. The van der Waals surface area contributed by atoms with Gasteiger partial charge in [0.2, 0.25) is 5.91 Å². The highest BCUT2D eigenvalue weighted by Crippen LogP contribution is 2.39. The van der Waals surface area contributed by atoms with Crippen LogP contribution in [0, 0.1) is 11.2 Å². The third kappa shape index (κ3) is 4.53. The molecular weight excluding hydrogens is 371 g/mol. The molecule has 0 saturated carbocycles. The first-order chi connectivity index (χ1) is 14.1. The van der Waals surface area contributed by atoms with Crippen LogP contribution in [0.3, 0.4) is 0 Å². The summed E-state index contributed by atoms with van der Waals surface area (Å²) in [6.45, 7) is 3.92.